The molecular formula is C22H25N5O. The Hall–Kier alpha value is -2.44. The van der Waals surface area contributed by atoms with Gasteiger partial charge in [0, 0.05) is 61.6 Å². The van der Waals surface area contributed by atoms with Gasteiger partial charge >= 0.3 is 0 Å². The average Bonchev–Trinajstić information content (AvgIpc) is 3.31. The molecule has 2 unspecified atom stereocenters. The standard InChI is InChI=1S/C22H25N5O/c1-3-19-16(5-6-23-19)11-15(1)14-27-17-2-4-21(27)18-13-24-22(25-20(18)12-17)26-7-9-28-10-8-26/h1,3,5-6,11,13,17,21,23H,2,4,7-10,12,14H2. The second-order valence-electron chi connectivity index (χ2n) is 8.19. The molecule has 1 N–H and O–H groups in total. The minimum absolute atomic E-state index is 0.453. The van der Waals surface area contributed by atoms with Crippen molar-refractivity contribution >= 4 is 16.9 Å². The van der Waals surface area contributed by atoms with Gasteiger partial charge in [-0.25, -0.2) is 9.97 Å². The molecule has 1 aromatic carbocycles. The van der Waals surface area contributed by atoms with Crippen LogP contribution in [0.1, 0.15) is 35.7 Å². The number of nitrogens with one attached hydrogen (secondary N) is 1. The molecule has 2 fully saturated rings. The third kappa shape index (κ3) is 2.71. The van der Waals surface area contributed by atoms with E-state index in [4.69, 9.17) is 14.7 Å². The lowest BCUT2D eigenvalue weighted by Crippen LogP contribution is -2.40. The van der Waals surface area contributed by atoms with Gasteiger partial charge in [0.1, 0.15) is 0 Å². The summed E-state index contributed by atoms with van der Waals surface area (Å²) in [5.41, 5.74) is 5.20. The van der Waals surface area contributed by atoms with Gasteiger partial charge in [-0.15, -0.1) is 0 Å². The first-order valence-electron chi connectivity index (χ1n) is 10.4. The summed E-state index contributed by atoms with van der Waals surface area (Å²) >= 11 is 0. The summed E-state index contributed by atoms with van der Waals surface area (Å²) in [4.78, 5) is 17.9. The number of fused-ring (bicyclic) bond motifs is 5. The van der Waals surface area contributed by atoms with E-state index in [-0.39, 0.29) is 0 Å². The number of nitrogens with zero attached hydrogens (tertiary/aromatic N) is 4. The number of aromatic amines is 1. The van der Waals surface area contributed by atoms with Gasteiger partial charge in [0.25, 0.3) is 0 Å². The van der Waals surface area contributed by atoms with Gasteiger partial charge in [-0.2, -0.15) is 0 Å². The molecule has 5 heterocycles. The molecule has 6 rings (SSSR count). The zero-order chi connectivity index (χ0) is 18.5. The molecule has 3 aliphatic rings. The Morgan fingerprint density at radius 2 is 2.07 bits per heavy atom. The van der Waals surface area contributed by atoms with Crippen LogP contribution in [-0.2, 0) is 17.7 Å². The van der Waals surface area contributed by atoms with Gasteiger partial charge in [0.05, 0.1) is 18.9 Å². The van der Waals surface area contributed by atoms with Crippen LogP contribution in [0.25, 0.3) is 10.9 Å². The van der Waals surface area contributed by atoms with Crippen LogP contribution >= 0.6 is 0 Å². The minimum Gasteiger partial charge on any atom is -0.378 e. The second-order valence-corrected chi connectivity index (χ2v) is 8.19. The third-order valence-corrected chi connectivity index (χ3v) is 6.59. The van der Waals surface area contributed by atoms with Crippen LogP contribution in [-0.4, -0.2) is 52.2 Å². The summed E-state index contributed by atoms with van der Waals surface area (Å²) in [7, 11) is 0. The molecule has 0 amide bonds. The number of ether oxygens (including phenoxy) is 1. The van der Waals surface area contributed by atoms with E-state index < -0.39 is 0 Å². The van der Waals surface area contributed by atoms with Crippen LogP contribution in [0.15, 0.2) is 36.7 Å². The van der Waals surface area contributed by atoms with E-state index in [2.05, 4.69) is 45.2 Å². The van der Waals surface area contributed by atoms with Crippen molar-refractivity contribution in [3.05, 3.63) is 53.5 Å². The van der Waals surface area contributed by atoms with Crippen LogP contribution < -0.4 is 4.90 Å². The second kappa shape index (κ2) is 6.57. The van der Waals surface area contributed by atoms with Crippen LogP contribution in [0, 0.1) is 0 Å². The molecule has 2 bridgehead atoms. The summed E-state index contributed by atoms with van der Waals surface area (Å²) in [5.74, 6) is 0.882. The minimum atomic E-state index is 0.453. The largest absolute Gasteiger partial charge is 0.378 e. The predicted octanol–water partition coefficient (Wildman–Crippen LogP) is 3.06. The van der Waals surface area contributed by atoms with Gasteiger partial charge in [-0.3, -0.25) is 4.90 Å². The number of hydrogen-bond donors (Lipinski definition) is 1. The van der Waals surface area contributed by atoms with E-state index in [0.717, 1.165) is 45.2 Å². The highest BCUT2D eigenvalue weighted by molar-refractivity contribution is 5.79. The average molecular weight is 375 g/mol. The lowest BCUT2D eigenvalue weighted by atomic mass is 9.98. The molecule has 0 aliphatic carbocycles. The van der Waals surface area contributed by atoms with Crippen molar-refractivity contribution in [1.29, 1.82) is 0 Å². The molecule has 144 valence electrons. The Morgan fingerprint density at radius 1 is 1.14 bits per heavy atom. The highest BCUT2D eigenvalue weighted by Gasteiger charge is 2.41. The van der Waals surface area contributed by atoms with Gasteiger partial charge in [-0.05, 0) is 42.0 Å². The molecule has 0 spiro atoms. The number of morpholine rings is 1. The topological polar surface area (TPSA) is 57.3 Å². The Labute approximate surface area is 164 Å². The number of anilines is 1. The highest BCUT2D eigenvalue weighted by atomic mass is 16.5. The Morgan fingerprint density at radius 3 is 3.00 bits per heavy atom. The normalized spacial score (nSPS) is 24.6. The monoisotopic (exact) mass is 375 g/mol. The molecule has 2 saturated heterocycles. The quantitative estimate of drug-likeness (QED) is 0.763. The van der Waals surface area contributed by atoms with E-state index in [9.17, 15) is 0 Å². The van der Waals surface area contributed by atoms with Crippen molar-refractivity contribution in [1.82, 2.24) is 19.9 Å². The Bertz CT molecular complexity index is 1010. The van der Waals surface area contributed by atoms with Crippen LogP contribution in [0.5, 0.6) is 0 Å². The van der Waals surface area contributed by atoms with E-state index in [1.165, 1.54) is 40.6 Å². The fourth-order valence-electron chi connectivity index (χ4n) is 5.14. The zero-order valence-electron chi connectivity index (χ0n) is 16.0. The van der Waals surface area contributed by atoms with E-state index in [1.54, 1.807) is 0 Å². The smallest absolute Gasteiger partial charge is 0.225 e. The van der Waals surface area contributed by atoms with Gasteiger partial charge < -0.3 is 14.6 Å². The Kier molecular flexibility index (Phi) is 3.87. The number of aromatic nitrogens is 3. The molecule has 3 aliphatic heterocycles. The number of rotatable bonds is 3. The molecular weight excluding hydrogens is 350 g/mol. The fraction of sp³-hybridized carbons (Fsp3) is 0.455. The van der Waals surface area contributed by atoms with E-state index >= 15 is 0 Å². The first-order valence-corrected chi connectivity index (χ1v) is 10.4. The van der Waals surface area contributed by atoms with Crippen molar-refractivity contribution in [2.45, 2.75) is 37.9 Å². The predicted molar refractivity (Wildman–Crippen MR) is 108 cm³/mol. The van der Waals surface area contributed by atoms with Crippen molar-refractivity contribution < 1.29 is 4.74 Å². The van der Waals surface area contributed by atoms with Gasteiger partial charge in [0.15, 0.2) is 0 Å². The van der Waals surface area contributed by atoms with Gasteiger partial charge in [0.2, 0.25) is 5.95 Å². The van der Waals surface area contributed by atoms with Crippen molar-refractivity contribution in [2.24, 2.45) is 0 Å². The molecule has 28 heavy (non-hydrogen) atoms. The molecule has 2 atom stereocenters. The third-order valence-electron chi connectivity index (χ3n) is 6.59. The summed E-state index contributed by atoms with van der Waals surface area (Å²) in [5, 5.41) is 1.29. The van der Waals surface area contributed by atoms with Crippen LogP contribution in [0.4, 0.5) is 5.95 Å². The molecule has 0 saturated carbocycles. The molecule has 6 nitrogen and oxygen atoms in total. The van der Waals surface area contributed by atoms with Gasteiger partial charge in [-0.1, -0.05) is 6.07 Å². The molecule has 3 aromatic rings. The summed E-state index contributed by atoms with van der Waals surface area (Å²) in [6, 6.07) is 9.97. The lowest BCUT2D eigenvalue weighted by molar-refractivity contribution is 0.122. The molecule has 6 heteroatoms. The summed E-state index contributed by atoms with van der Waals surface area (Å²) in [6.45, 7) is 4.32. The number of hydrogen-bond acceptors (Lipinski definition) is 5. The first-order chi connectivity index (χ1) is 13.8. The lowest BCUT2D eigenvalue weighted by Gasteiger charge is -2.36. The molecule has 2 aromatic heterocycles. The van der Waals surface area contributed by atoms with Crippen molar-refractivity contribution in [2.75, 3.05) is 31.2 Å². The summed E-state index contributed by atoms with van der Waals surface area (Å²) < 4.78 is 5.46. The molecule has 0 radical (unpaired) electrons. The maximum atomic E-state index is 5.46. The maximum Gasteiger partial charge on any atom is 0.225 e. The first kappa shape index (κ1) is 16.5. The zero-order valence-corrected chi connectivity index (χ0v) is 16.0. The summed E-state index contributed by atoms with van der Waals surface area (Å²) in [6.07, 6.45) is 7.61. The fourth-order valence-corrected chi connectivity index (χ4v) is 5.14. The van der Waals surface area contributed by atoms with Crippen LogP contribution in [0.2, 0.25) is 0 Å². The highest BCUT2D eigenvalue weighted by Crippen LogP contribution is 2.44. The van der Waals surface area contributed by atoms with Crippen molar-refractivity contribution in [3.8, 4) is 0 Å². The SMILES string of the molecule is c1cc2cc(CN3C4CCC3c3cnc(N5CCOCC5)nc3C4)ccc2[nH]1. The number of benzene rings is 1. The van der Waals surface area contributed by atoms with E-state index in [1.807, 2.05) is 6.20 Å². The Balaban J connectivity index is 1.27. The number of H-pyrrole nitrogens is 1. The van der Waals surface area contributed by atoms with Crippen LogP contribution in [0.3, 0.4) is 0 Å². The van der Waals surface area contributed by atoms with Crippen molar-refractivity contribution in [3.63, 3.8) is 0 Å². The maximum absolute atomic E-state index is 5.46. The van der Waals surface area contributed by atoms with E-state index in [0.29, 0.717) is 12.1 Å².